The van der Waals surface area contributed by atoms with Crippen molar-refractivity contribution in [3.63, 3.8) is 0 Å². The van der Waals surface area contributed by atoms with E-state index in [1.54, 1.807) is 6.08 Å². The molecule has 2 fully saturated rings. The monoisotopic (exact) mass is 376 g/mol. The average Bonchev–Trinajstić information content (AvgIpc) is 3.49. The number of likely N-dealkylation sites (tertiary alicyclic amines) is 1. The second-order valence-corrected chi connectivity index (χ2v) is 7.99. The van der Waals surface area contributed by atoms with Gasteiger partial charge in [0, 0.05) is 30.6 Å². The number of benzene rings is 2. The minimum Gasteiger partial charge on any atom is -0.478 e. The van der Waals surface area contributed by atoms with Gasteiger partial charge in [-0.2, -0.15) is 0 Å². The molecule has 1 heterocycles. The van der Waals surface area contributed by atoms with Crippen molar-refractivity contribution in [2.75, 3.05) is 13.1 Å². The molecule has 28 heavy (non-hydrogen) atoms. The van der Waals surface area contributed by atoms with Crippen molar-refractivity contribution >= 4 is 12.0 Å². The van der Waals surface area contributed by atoms with Crippen LogP contribution >= 0.6 is 0 Å². The number of piperidine rings is 1. The van der Waals surface area contributed by atoms with Crippen molar-refractivity contribution in [3.05, 3.63) is 77.4 Å². The molecule has 0 bridgehead atoms. The summed E-state index contributed by atoms with van der Waals surface area (Å²) >= 11 is 0. The lowest BCUT2D eigenvalue weighted by molar-refractivity contribution is -0.131. The van der Waals surface area contributed by atoms with Crippen LogP contribution < -0.4 is 5.32 Å². The summed E-state index contributed by atoms with van der Waals surface area (Å²) in [6.07, 6.45) is 6.49. The van der Waals surface area contributed by atoms with Gasteiger partial charge < -0.3 is 10.4 Å². The first-order chi connectivity index (χ1) is 13.7. The number of carbonyl (C=O) groups is 1. The Labute approximate surface area is 166 Å². The minimum absolute atomic E-state index is 0.637. The molecule has 0 unspecified atom stereocenters. The van der Waals surface area contributed by atoms with Gasteiger partial charge in [-0.05, 0) is 55.1 Å². The smallest absolute Gasteiger partial charge is 0.328 e. The molecule has 146 valence electrons. The Morgan fingerprint density at radius 2 is 1.79 bits per heavy atom. The quantitative estimate of drug-likeness (QED) is 0.720. The van der Waals surface area contributed by atoms with Crippen LogP contribution in [0.2, 0.25) is 0 Å². The normalized spacial score (nSPS) is 23.1. The number of hydrogen-bond acceptors (Lipinski definition) is 3. The number of nitrogens with zero attached hydrogens (tertiary/aromatic N) is 1. The highest BCUT2D eigenvalue weighted by atomic mass is 16.4. The lowest BCUT2D eigenvalue weighted by Gasteiger charge is -2.32. The third kappa shape index (κ3) is 5.09. The van der Waals surface area contributed by atoms with Crippen molar-refractivity contribution < 1.29 is 9.90 Å². The first kappa shape index (κ1) is 18.9. The van der Waals surface area contributed by atoms with Gasteiger partial charge in [0.1, 0.15) is 0 Å². The summed E-state index contributed by atoms with van der Waals surface area (Å²) in [4.78, 5) is 13.1. The third-order valence-electron chi connectivity index (χ3n) is 5.86. The van der Waals surface area contributed by atoms with E-state index in [0.29, 0.717) is 18.0 Å². The van der Waals surface area contributed by atoms with Gasteiger partial charge in [-0.3, -0.25) is 4.90 Å². The van der Waals surface area contributed by atoms with Gasteiger partial charge in [0.05, 0.1) is 0 Å². The van der Waals surface area contributed by atoms with Gasteiger partial charge in [0.2, 0.25) is 0 Å². The third-order valence-corrected chi connectivity index (χ3v) is 5.86. The highest BCUT2D eigenvalue weighted by Crippen LogP contribution is 2.41. The van der Waals surface area contributed by atoms with E-state index in [9.17, 15) is 4.79 Å². The first-order valence-corrected chi connectivity index (χ1v) is 10.2. The topological polar surface area (TPSA) is 52.6 Å². The zero-order chi connectivity index (χ0) is 19.3. The SMILES string of the molecule is O=C(O)C=Cc1ccc(CN2CCC(N[C@@H]3C[C@H]3c3ccccc3)CC2)cc1. The summed E-state index contributed by atoms with van der Waals surface area (Å²) in [5, 5.41) is 12.6. The Morgan fingerprint density at radius 1 is 1.07 bits per heavy atom. The molecule has 2 aromatic rings. The van der Waals surface area contributed by atoms with Gasteiger partial charge >= 0.3 is 5.97 Å². The van der Waals surface area contributed by atoms with Gasteiger partial charge in [-0.25, -0.2) is 4.79 Å². The van der Waals surface area contributed by atoms with Crippen LogP contribution in [0.1, 0.15) is 41.9 Å². The van der Waals surface area contributed by atoms with Gasteiger partial charge in [-0.15, -0.1) is 0 Å². The van der Waals surface area contributed by atoms with E-state index < -0.39 is 5.97 Å². The Bertz CT molecular complexity index is 808. The van der Waals surface area contributed by atoms with Crippen molar-refractivity contribution in [2.45, 2.75) is 43.8 Å². The van der Waals surface area contributed by atoms with E-state index in [0.717, 1.165) is 25.2 Å². The van der Waals surface area contributed by atoms with Crippen LogP contribution in [0.25, 0.3) is 6.08 Å². The van der Waals surface area contributed by atoms with E-state index in [2.05, 4.69) is 52.7 Å². The number of carboxylic acids is 1. The van der Waals surface area contributed by atoms with E-state index in [1.807, 2.05) is 12.1 Å². The van der Waals surface area contributed by atoms with Crippen LogP contribution in [-0.2, 0) is 11.3 Å². The molecule has 0 amide bonds. The molecule has 0 spiro atoms. The summed E-state index contributed by atoms with van der Waals surface area (Å²) < 4.78 is 0. The zero-order valence-corrected chi connectivity index (χ0v) is 16.1. The highest BCUT2D eigenvalue weighted by molar-refractivity contribution is 5.85. The molecular formula is C24H28N2O2. The van der Waals surface area contributed by atoms with Crippen LogP contribution in [0.4, 0.5) is 0 Å². The van der Waals surface area contributed by atoms with Gasteiger partial charge in [-0.1, -0.05) is 54.6 Å². The molecule has 1 saturated heterocycles. The molecule has 0 aromatic heterocycles. The first-order valence-electron chi connectivity index (χ1n) is 10.2. The summed E-state index contributed by atoms with van der Waals surface area (Å²) in [7, 11) is 0. The molecule has 4 rings (SSSR count). The van der Waals surface area contributed by atoms with E-state index >= 15 is 0 Å². The van der Waals surface area contributed by atoms with Crippen molar-refractivity contribution in [2.24, 2.45) is 0 Å². The Hall–Kier alpha value is -2.43. The second-order valence-electron chi connectivity index (χ2n) is 7.99. The van der Waals surface area contributed by atoms with Crippen LogP contribution in [0, 0.1) is 0 Å². The fourth-order valence-electron chi connectivity index (χ4n) is 4.17. The second kappa shape index (κ2) is 8.72. The average molecular weight is 377 g/mol. The van der Waals surface area contributed by atoms with E-state index in [-0.39, 0.29) is 0 Å². The summed E-state index contributed by atoms with van der Waals surface area (Å²) in [6, 6.07) is 20.3. The molecule has 1 saturated carbocycles. The van der Waals surface area contributed by atoms with Crippen molar-refractivity contribution in [1.29, 1.82) is 0 Å². The molecule has 1 aliphatic carbocycles. The molecule has 2 aliphatic rings. The fourth-order valence-corrected chi connectivity index (χ4v) is 4.17. The molecule has 4 heteroatoms. The number of hydrogen-bond donors (Lipinski definition) is 2. The van der Waals surface area contributed by atoms with Crippen molar-refractivity contribution in [1.82, 2.24) is 10.2 Å². The lowest BCUT2D eigenvalue weighted by atomic mass is 10.0. The Balaban J connectivity index is 1.20. The number of carboxylic acid groups (broad SMARTS) is 1. The lowest BCUT2D eigenvalue weighted by Crippen LogP contribution is -2.43. The number of nitrogens with one attached hydrogen (secondary N) is 1. The Kier molecular flexibility index (Phi) is 5.89. The highest BCUT2D eigenvalue weighted by Gasteiger charge is 2.39. The predicted octanol–water partition coefficient (Wildman–Crippen LogP) is 3.89. The summed E-state index contributed by atoms with van der Waals surface area (Å²) in [5.74, 6) is -0.213. The van der Waals surface area contributed by atoms with Gasteiger partial charge in [0.25, 0.3) is 0 Å². The fraction of sp³-hybridized carbons (Fsp3) is 0.375. The van der Waals surface area contributed by atoms with Crippen LogP contribution in [-0.4, -0.2) is 41.1 Å². The molecule has 2 atom stereocenters. The Morgan fingerprint density at radius 3 is 2.46 bits per heavy atom. The minimum atomic E-state index is -0.915. The van der Waals surface area contributed by atoms with Crippen LogP contribution in [0.15, 0.2) is 60.7 Å². The van der Waals surface area contributed by atoms with Crippen LogP contribution in [0.5, 0.6) is 0 Å². The van der Waals surface area contributed by atoms with E-state index in [1.165, 1.54) is 36.5 Å². The molecule has 4 nitrogen and oxygen atoms in total. The molecule has 0 radical (unpaired) electrons. The molecule has 2 aromatic carbocycles. The molecule has 2 N–H and O–H groups in total. The standard InChI is InChI=1S/C24H28N2O2/c27-24(28)11-10-18-6-8-19(9-7-18)17-26-14-12-21(13-15-26)25-23-16-22(23)20-4-2-1-3-5-20/h1-11,21-23,25H,12-17H2,(H,27,28)/t22-,23+/m0/s1. The molecule has 1 aliphatic heterocycles. The van der Waals surface area contributed by atoms with E-state index in [4.69, 9.17) is 5.11 Å². The maximum Gasteiger partial charge on any atom is 0.328 e. The summed E-state index contributed by atoms with van der Waals surface area (Å²) in [5.41, 5.74) is 3.68. The largest absolute Gasteiger partial charge is 0.478 e. The zero-order valence-electron chi connectivity index (χ0n) is 16.1. The van der Waals surface area contributed by atoms with Gasteiger partial charge in [0.15, 0.2) is 0 Å². The van der Waals surface area contributed by atoms with Crippen molar-refractivity contribution in [3.8, 4) is 0 Å². The number of aliphatic carboxylic acids is 1. The maximum absolute atomic E-state index is 10.6. The maximum atomic E-state index is 10.6. The summed E-state index contributed by atoms with van der Waals surface area (Å²) in [6.45, 7) is 3.22. The number of rotatable bonds is 7. The van der Waals surface area contributed by atoms with Crippen LogP contribution in [0.3, 0.4) is 0 Å². The molecular weight excluding hydrogens is 348 g/mol. The predicted molar refractivity (Wildman–Crippen MR) is 112 cm³/mol.